The third-order valence-corrected chi connectivity index (χ3v) is 2.28. The molecule has 2 heterocycles. The molecule has 2 aromatic heterocycles. The Morgan fingerprint density at radius 1 is 1.50 bits per heavy atom. The van der Waals surface area contributed by atoms with E-state index in [0.717, 1.165) is 0 Å². The summed E-state index contributed by atoms with van der Waals surface area (Å²) >= 11 is 0. The molecule has 0 saturated heterocycles. The summed E-state index contributed by atoms with van der Waals surface area (Å²) in [5.41, 5.74) is 6.73. The van der Waals surface area contributed by atoms with E-state index in [2.05, 4.69) is 15.4 Å². The summed E-state index contributed by atoms with van der Waals surface area (Å²) in [7, 11) is 3.22. The maximum absolute atomic E-state index is 11.9. The smallest absolute Gasteiger partial charge is 0.278 e. The number of methoxy groups -OCH3 is 1. The summed E-state index contributed by atoms with van der Waals surface area (Å²) in [4.78, 5) is 15.9. The molecule has 0 atom stereocenters. The number of amides is 1. The molecule has 1 amide bonds. The SMILES string of the molecule is COc1ccc(NC(=O)c2nn(C)cc2N)cn1. The van der Waals surface area contributed by atoms with E-state index in [4.69, 9.17) is 10.5 Å². The van der Waals surface area contributed by atoms with Crippen molar-refractivity contribution in [1.82, 2.24) is 14.8 Å². The third-order valence-electron chi connectivity index (χ3n) is 2.28. The Balaban J connectivity index is 2.13. The zero-order valence-electron chi connectivity index (χ0n) is 10.0. The van der Waals surface area contributed by atoms with Gasteiger partial charge in [0.25, 0.3) is 5.91 Å². The number of hydrogen-bond donors (Lipinski definition) is 2. The van der Waals surface area contributed by atoms with E-state index in [1.807, 2.05) is 0 Å². The molecule has 0 bridgehead atoms. The van der Waals surface area contributed by atoms with Crippen LogP contribution < -0.4 is 15.8 Å². The van der Waals surface area contributed by atoms with Gasteiger partial charge < -0.3 is 15.8 Å². The fourth-order valence-electron chi connectivity index (χ4n) is 1.45. The van der Waals surface area contributed by atoms with E-state index in [1.54, 1.807) is 25.4 Å². The molecule has 0 aliphatic heterocycles. The van der Waals surface area contributed by atoms with Gasteiger partial charge in [-0.1, -0.05) is 0 Å². The number of nitrogens with zero attached hydrogens (tertiary/aromatic N) is 3. The Morgan fingerprint density at radius 2 is 2.28 bits per heavy atom. The van der Waals surface area contributed by atoms with E-state index in [-0.39, 0.29) is 11.6 Å². The summed E-state index contributed by atoms with van der Waals surface area (Å²) in [5.74, 6) is 0.102. The molecule has 0 radical (unpaired) electrons. The number of ether oxygens (including phenoxy) is 1. The van der Waals surface area contributed by atoms with Crippen molar-refractivity contribution in [2.45, 2.75) is 0 Å². The first kappa shape index (κ1) is 11.9. The van der Waals surface area contributed by atoms with Crippen molar-refractivity contribution in [3.05, 3.63) is 30.2 Å². The normalized spacial score (nSPS) is 10.1. The number of pyridine rings is 1. The lowest BCUT2D eigenvalue weighted by Crippen LogP contribution is -2.14. The summed E-state index contributed by atoms with van der Waals surface area (Å²) < 4.78 is 6.40. The Hall–Kier alpha value is -2.57. The van der Waals surface area contributed by atoms with Crippen LogP contribution in [0.1, 0.15) is 10.5 Å². The summed E-state index contributed by atoms with van der Waals surface area (Å²) in [5, 5.41) is 6.63. The topological polar surface area (TPSA) is 95.1 Å². The molecular formula is C11H13N5O2. The number of nitrogens with one attached hydrogen (secondary N) is 1. The molecule has 0 saturated carbocycles. The Bertz CT molecular complexity index is 561. The Labute approximate surface area is 104 Å². The van der Waals surface area contributed by atoms with Crippen molar-refractivity contribution in [2.24, 2.45) is 7.05 Å². The molecule has 0 fully saturated rings. The summed E-state index contributed by atoms with van der Waals surface area (Å²) in [6, 6.07) is 3.33. The Kier molecular flexibility index (Phi) is 3.13. The third kappa shape index (κ3) is 2.40. The van der Waals surface area contributed by atoms with E-state index in [1.165, 1.54) is 18.0 Å². The predicted molar refractivity (Wildman–Crippen MR) is 66.4 cm³/mol. The van der Waals surface area contributed by atoms with Crippen LogP contribution in [-0.4, -0.2) is 27.8 Å². The fraction of sp³-hybridized carbons (Fsp3) is 0.182. The zero-order chi connectivity index (χ0) is 13.1. The summed E-state index contributed by atoms with van der Waals surface area (Å²) in [6.07, 6.45) is 3.07. The maximum atomic E-state index is 11.9. The number of nitrogen functional groups attached to an aromatic ring is 1. The molecule has 2 aromatic rings. The van der Waals surface area contributed by atoms with Crippen LogP contribution in [-0.2, 0) is 7.05 Å². The van der Waals surface area contributed by atoms with Crippen LogP contribution >= 0.6 is 0 Å². The fourth-order valence-corrected chi connectivity index (χ4v) is 1.45. The summed E-state index contributed by atoms with van der Waals surface area (Å²) in [6.45, 7) is 0. The van der Waals surface area contributed by atoms with Crippen LogP contribution in [0.4, 0.5) is 11.4 Å². The van der Waals surface area contributed by atoms with Gasteiger partial charge in [-0.15, -0.1) is 0 Å². The van der Waals surface area contributed by atoms with Gasteiger partial charge in [-0.3, -0.25) is 9.48 Å². The minimum Gasteiger partial charge on any atom is -0.481 e. The molecular weight excluding hydrogens is 234 g/mol. The van der Waals surface area contributed by atoms with Crippen molar-refractivity contribution >= 4 is 17.3 Å². The lowest BCUT2D eigenvalue weighted by Gasteiger charge is -2.04. The van der Waals surface area contributed by atoms with Gasteiger partial charge in [0.05, 0.1) is 24.7 Å². The van der Waals surface area contributed by atoms with Gasteiger partial charge in [0.2, 0.25) is 5.88 Å². The van der Waals surface area contributed by atoms with Gasteiger partial charge in [-0.2, -0.15) is 5.10 Å². The molecule has 18 heavy (non-hydrogen) atoms. The minimum absolute atomic E-state index is 0.188. The first-order chi connectivity index (χ1) is 8.60. The van der Waals surface area contributed by atoms with Crippen molar-refractivity contribution in [3.8, 4) is 5.88 Å². The number of carbonyl (C=O) groups excluding carboxylic acids is 1. The second-order valence-electron chi connectivity index (χ2n) is 3.65. The number of nitrogens with two attached hydrogens (primary N) is 1. The number of aromatic nitrogens is 3. The first-order valence-corrected chi connectivity index (χ1v) is 5.20. The van der Waals surface area contributed by atoms with Crippen LogP contribution in [0.3, 0.4) is 0 Å². The van der Waals surface area contributed by atoms with Gasteiger partial charge in [0, 0.05) is 19.3 Å². The van der Waals surface area contributed by atoms with Gasteiger partial charge in [-0.05, 0) is 6.07 Å². The van der Waals surface area contributed by atoms with Crippen LogP contribution in [0.15, 0.2) is 24.5 Å². The van der Waals surface area contributed by atoms with Gasteiger partial charge in [-0.25, -0.2) is 4.98 Å². The van der Waals surface area contributed by atoms with Crippen LogP contribution in [0, 0.1) is 0 Å². The number of aryl methyl sites for hydroxylation is 1. The number of hydrogen-bond acceptors (Lipinski definition) is 5. The monoisotopic (exact) mass is 247 g/mol. The highest BCUT2D eigenvalue weighted by Gasteiger charge is 2.14. The molecule has 0 spiro atoms. The van der Waals surface area contributed by atoms with E-state index in [0.29, 0.717) is 17.3 Å². The average molecular weight is 247 g/mol. The molecule has 0 aliphatic rings. The van der Waals surface area contributed by atoms with Gasteiger partial charge in [0.15, 0.2) is 5.69 Å². The second kappa shape index (κ2) is 4.74. The predicted octanol–water partition coefficient (Wildman–Crippen LogP) is 0.658. The van der Waals surface area contributed by atoms with Gasteiger partial charge in [0.1, 0.15) is 0 Å². The highest BCUT2D eigenvalue weighted by molar-refractivity contribution is 6.06. The average Bonchev–Trinajstić information content (AvgIpc) is 2.69. The molecule has 2 rings (SSSR count). The number of carbonyl (C=O) groups is 1. The zero-order valence-corrected chi connectivity index (χ0v) is 10.0. The van der Waals surface area contributed by atoms with Crippen molar-refractivity contribution in [1.29, 1.82) is 0 Å². The minimum atomic E-state index is -0.375. The molecule has 7 heteroatoms. The quantitative estimate of drug-likeness (QED) is 0.830. The molecule has 3 N–H and O–H groups in total. The molecule has 7 nitrogen and oxygen atoms in total. The van der Waals surface area contributed by atoms with E-state index < -0.39 is 0 Å². The van der Waals surface area contributed by atoms with Crippen molar-refractivity contribution in [2.75, 3.05) is 18.2 Å². The highest BCUT2D eigenvalue weighted by Crippen LogP contribution is 2.14. The van der Waals surface area contributed by atoms with Crippen LogP contribution in [0.5, 0.6) is 5.88 Å². The first-order valence-electron chi connectivity index (χ1n) is 5.20. The Morgan fingerprint density at radius 3 is 2.78 bits per heavy atom. The molecule has 0 aliphatic carbocycles. The van der Waals surface area contributed by atoms with Crippen molar-refractivity contribution < 1.29 is 9.53 Å². The van der Waals surface area contributed by atoms with Crippen LogP contribution in [0.2, 0.25) is 0 Å². The molecule has 0 unspecified atom stereocenters. The largest absolute Gasteiger partial charge is 0.481 e. The molecule has 0 aromatic carbocycles. The number of anilines is 2. The van der Waals surface area contributed by atoms with E-state index in [9.17, 15) is 4.79 Å². The second-order valence-corrected chi connectivity index (χ2v) is 3.65. The standard InChI is InChI=1S/C11H13N5O2/c1-16-6-8(12)10(15-16)11(17)14-7-3-4-9(18-2)13-5-7/h3-6H,12H2,1-2H3,(H,14,17). The number of rotatable bonds is 3. The maximum Gasteiger partial charge on any atom is 0.278 e. The molecule has 94 valence electrons. The lowest BCUT2D eigenvalue weighted by molar-refractivity contribution is 0.102. The van der Waals surface area contributed by atoms with Crippen molar-refractivity contribution in [3.63, 3.8) is 0 Å². The van der Waals surface area contributed by atoms with Gasteiger partial charge >= 0.3 is 0 Å². The lowest BCUT2D eigenvalue weighted by atomic mass is 10.3. The van der Waals surface area contributed by atoms with Crippen LogP contribution in [0.25, 0.3) is 0 Å². The van der Waals surface area contributed by atoms with E-state index >= 15 is 0 Å². The highest BCUT2D eigenvalue weighted by atomic mass is 16.5.